The summed E-state index contributed by atoms with van der Waals surface area (Å²) in [5, 5.41) is 27.1. The average Bonchev–Trinajstić information content (AvgIpc) is 3.15. The topological polar surface area (TPSA) is 110 Å². The number of hydrogen-bond acceptors (Lipinski definition) is 5. The third-order valence-electron chi connectivity index (χ3n) is 3.49. The summed E-state index contributed by atoms with van der Waals surface area (Å²) in [7, 11) is 0. The SMILES string of the molecule is Cc1nn(CC(=O)NCC(O)C2CC2)c(C)c1[N+](=O)[O-]. The molecule has 1 aliphatic rings. The third-order valence-corrected chi connectivity index (χ3v) is 3.49. The fraction of sp³-hybridized carbons (Fsp3) is 0.667. The lowest BCUT2D eigenvalue weighted by atomic mass is 10.2. The second-order valence-electron chi connectivity index (χ2n) is 5.14. The highest BCUT2D eigenvalue weighted by molar-refractivity contribution is 5.75. The van der Waals surface area contributed by atoms with Gasteiger partial charge in [-0.15, -0.1) is 0 Å². The van der Waals surface area contributed by atoms with Gasteiger partial charge in [-0.3, -0.25) is 19.6 Å². The molecule has 8 nitrogen and oxygen atoms in total. The maximum Gasteiger partial charge on any atom is 0.312 e. The average molecular weight is 282 g/mol. The van der Waals surface area contributed by atoms with Crippen LogP contribution < -0.4 is 5.32 Å². The van der Waals surface area contributed by atoms with Crippen LogP contribution in [0.4, 0.5) is 5.69 Å². The molecule has 110 valence electrons. The minimum absolute atomic E-state index is 0.0594. The number of carbonyl (C=O) groups excluding carboxylic acids is 1. The number of hydrogen-bond donors (Lipinski definition) is 2. The summed E-state index contributed by atoms with van der Waals surface area (Å²) >= 11 is 0. The van der Waals surface area contributed by atoms with Crippen LogP contribution in [0.2, 0.25) is 0 Å². The number of aliphatic hydroxyl groups excluding tert-OH is 1. The number of nitrogens with one attached hydrogen (secondary N) is 1. The van der Waals surface area contributed by atoms with Gasteiger partial charge in [0.1, 0.15) is 17.9 Å². The summed E-state index contributed by atoms with van der Waals surface area (Å²) in [5.74, 6) is -0.0183. The molecule has 2 rings (SSSR count). The van der Waals surface area contributed by atoms with Crippen LogP contribution in [-0.4, -0.2) is 38.4 Å². The molecule has 1 heterocycles. The van der Waals surface area contributed by atoms with E-state index >= 15 is 0 Å². The molecule has 1 fully saturated rings. The van der Waals surface area contributed by atoms with Gasteiger partial charge in [0.2, 0.25) is 5.91 Å². The number of aliphatic hydroxyl groups is 1. The zero-order valence-electron chi connectivity index (χ0n) is 11.5. The van der Waals surface area contributed by atoms with Gasteiger partial charge < -0.3 is 10.4 Å². The maximum absolute atomic E-state index is 11.7. The van der Waals surface area contributed by atoms with E-state index in [4.69, 9.17) is 0 Å². The highest BCUT2D eigenvalue weighted by Gasteiger charge is 2.30. The Morgan fingerprint density at radius 1 is 1.60 bits per heavy atom. The summed E-state index contributed by atoms with van der Waals surface area (Å²) in [6, 6.07) is 0. The van der Waals surface area contributed by atoms with Crippen LogP contribution in [0.1, 0.15) is 24.2 Å². The number of rotatable bonds is 6. The van der Waals surface area contributed by atoms with E-state index in [2.05, 4.69) is 10.4 Å². The number of nitrogens with zero attached hydrogens (tertiary/aromatic N) is 3. The minimum atomic E-state index is -0.506. The fourth-order valence-electron chi connectivity index (χ4n) is 2.16. The molecule has 0 spiro atoms. The summed E-state index contributed by atoms with van der Waals surface area (Å²) in [6.07, 6.45) is 1.50. The normalized spacial score (nSPS) is 15.9. The molecular weight excluding hydrogens is 264 g/mol. The molecule has 1 aromatic heterocycles. The molecule has 0 aromatic carbocycles. The number of aromatic nitrogens is 2. The standard InChI is InChI=1S/C12H18N4O4/c1-7-12(16(19)20)8(2)15(14-7)6-11(18)13-5-10(17)9-3-4-9/h9-10,17H,3-6H2,1-2H3,(H,13,18). The van der Waals surface area contributed by atoms with E-state index in [1.54, 1.807) is 6.92 Å². The quantitative estimate of drug-likeness (QED) is 0.575. The smallest absolute Gasteiger partial charge is 0.312 e. The first-order chi connectivity index (χ1) is 9.40. The van der Waals surface area contributed by atoms with Gasteiger partial charge in [0.25, 0.3) is 0 Å². The van der Waals surface area contributed by atoms with Crippen molar-refractivity contribution in [1.29, 1.82) is 0 Å². The van der Waals surface area contributed by atoms with E-state index in [0.29, 0.717) is 17.3 Å². The summed E-state index contributed by atoms with van der Waals surface area (Å²) < 4.78 is 1.31. The Morgan fingerprint density at radius 2 is 2.25 bits per heavy atom. The van der Waals surface area contributed by atoms with E-state index in [0.717, 1.165) is 12.8 Å². The van der Waals surface area contributed by atoms with Crippen molar-refractivity contribution in [3.63, 3.8) is 0 Å². The highest BCUT2D eigenvalue weighted by Crippen LogP contribution is 2.32. The van der Waals surface area contributed by atoms with Crippen LogP contribution in [0.5, 0.6) is 0 Å². The van der Waals surface area contributed by atoms with Crippen LogP contribution in [0.15, 0.2) is 0 Å². The molecule has 1 atom stereocenters. The molecule has 2 N–H and O–H groups in total. The molecule has 1 saturated carbocycles. The second kappa shape index (κ2) is 5.58. The Bertz CT molecular complexity index is 536. The Kier molecular flexibility index (Phi) is 4.03. The lowest BCUT2D eigenvalue weighted by Gasteiger charge is -2.10. The van der Waals surface area contributed by atoms with Gasteiger partial charge in [0.15, 0.2) is 0 Å². The van der Waals surface area contributed by atoms with Gasteiger partial charge in [0.05, 0.1) is 11.0 Å². The number of carbonyl (C=O) groups is 1. The van der Waals surface area contributed by atoms with Crippen molar-refractivity contribution in [3.05, 3.63) is 21.5 Å². The predicted molar refractivity (Wildman–Crippen MR) is 70.1 cm³/mol. The maximum atomic E-state index is 11.7. The van der Waals surface area contributed by atoms with Gasteiger partial charge in [0, 0.05) is 6.54 Å². The molecule has 20 heavy (non-hydrogen) atoms. The Morgan fingerprint density at radius 3 is 2.75 bits per heavy atom. The van der Waals surface area contributed by atoms with Crippen LogP contribution in [0, 0.1) is 29.9 Å². The van der Waals surface area contributed by atoms with Crippen LogP contribution in [0.25, 0.3) is 0 Å². The van der Waals surface area contributed by atoms with E-state index in [9.17, 15) is 20.0 Å². The van der Waals surface area contributed by atoms with Crippen LogP contribution >= 0.6 is 0 Å². The summed E-state index contributed by atoms with van der Waals surface area (Å²) in [5.41, 5.74) is 0.583. The monoisotopic (exact) mass is 282 g/mol. The molecule has 1 unspecified atom stereocenters. The molecule has 0 saturated heterocycles. The fourth-order valence-corrected chi connectivity index (χ4v) is 2.16. The van der Waals surface area contributed by atoms with Gasteiger partial charge in [-0.25, -0.2) is 0 Å². The van der Waals surface area contributed by atoms with Gasteiger partial charge in [-0.1, -0.05) is 0 Å². The lowest BCUT2D eigenvalue weighted by Crippen LogP contribution is -2.35. The van der Waals surface area contributed by atoms with Crippen LogP contribution in [-0.2, 0) is 11.3 Å². The van der Waals surface area contributed by atoms with Crippen molar-refractivity contribution in [2.75, 3.05) is 6.54 Å². The summed E-state index contributed by atoms with van der Waals surface area (Å²) in [4.78, 5) is 22.1. The molecule has 8 heteroatoms. The predicted octanol–water partition coefficient (Wildman–Crippen LogP) is 0.295. The molecule has 1 aliphatic carbocycles. The molecule has 0 radical (unpaired) electrons. The summed E-state index contributed by atoms with van der Waals surface area (Å²) in [6.45, 7) is 3.23. The van der Waals surface area contributed by atoms with Crippen molar-refractivity contribution < 1.29 is 14.8 Å². The van der Waals surface area contributed by atoms with Crippen LogP contribution in [0.3, 0.4) is 0 Å². The first-order valence-corrected chi connectivity index (χ1v) is 6.53. The lowest BCUT2D eigenvalue weighted by molar-refractivity contribution is -0.386. The van der Waals surface area contributed by atoms with Crippen molar-refractivity contribution in [1.82, 2.24) is 15.1 Å². The third kappa shape index (κ3) is 3.13. The van der Waals surface area contributed by atoms with E-state index in [1.807, 2.05) is 0 Å². The molecule has 0 bridgehead atoms. The van der Waals surface area contributed by atoms with E-state index in [-0.39, 0.29) is 24.7 Å². The zero-order chi connectivity index (χ0) is 14.9. The second-order valence-corrected chi connectivity index (χ2v) is 5.14. The molecule has 0 aliphatic heterocycles. The first-order valence-electron chi connectivity index (χ1n) is 6.53. The van der Waals surface area contributed by atoms with Crippen molar-refractivity contribution >= 4 is 11.6 Å². The van der Waals surface area contributed by atoms with Crippen molar-refractivity contribution in [2.45, 2.75) is 39.3 Å². The molecular formula is C12H18N4O4. The van der Waals surface area contributed by atoms with E-state index in [1.165, 1.54) is 11.6 Å². The van der Waals surface area contributed by atoms with Gasteiger partial charge >= 0.3 is 5.69 Å². The van der Waals surface area contributed by atoms with Crippen molar-refractivity contribution in [3.8, 4) is 0 Å². The first kappa shape index (κ1) is 14.4. The number of amides is 1. The highest BCUT2D eigenvalue weighted by atomic mass is 16.6. The largest absolute Gasteiger partial charge is 0.391 e. The van der Waals surface area contributed by atoms with Gasteiger partial charge in [-0.2, -0.15) is 5.10 Å². The van der Waals surface area contributed by atoms with Crippen molar-refractivity contribution in [2.24, 2.45) is 5.92 Å². The Labute approximate surface area is 115 Å². The number of nitro groups is 1. The zero-order valence-corrected chi connectivity index (χ0v) is 11.5. The molecule has 1 amide bonds. The Balaban J connectivity index is 1.93. The molecule has 1 aromatic rings. The number of aryl methyl sites for hydroxylation is 1. The van der Waals surface area contributed by atoms with E-state index < -0.39 is 11.0 Å². The Hall–Kier alpha value is -1.96. The van der Waals surface area contributed by atoms with Gasteiger partial charge in [-0.05, 0) is 32.6 Å². The minimum Gasteiger partial charge on any atom is -0.391 e.